The summed E-state index contributed by atoms with van der Waals surface area (Å²) < 4.78 is 5.27. The van der Waals surface area contributed by atoms with Crippen molar-refractivity contribution >= 4 is 12.3 Å². The van der Waals surface area contributed by atoms with Gasteiger partial charge in [0.2, 0.25) is 0 Å². The van der Waals surface area contributed by atoms with E-state index in [0.717, 1.165) is 32.0 Å². The van der Waals surface area contributed by atoms with Gasteiger partial charge < -0.3 is 9.84 Å². The molecule has 19 heavy (non-hydrogen) atoms. The number of aldehydes is 1. The molecule has 0 bridgehead atoms. The van der Waals surface area contributed by atoms with Crippen molar-refractivity contribution in [3.05, 3.63) is 35.4 Å². The normalized spacial score (nSPS) is 22.8. The van der Waals surface area contributed by atoms with E-state index in [9.17, 15) is 14.7 Å². The minimum atomic E-state index is -0.358. The molecular formula is C15H18O4. The molecule has 2 rings (SSSR count). The van der Waals surface area contributed by atoms with Crippen LogP contribution in [-0.2, 0) is 4.74 Å². The number of hydrogen-bond acceptors (Lipinski definition) is 4. The number of aliphatic hydroxyl groups is 1. The number of rotatable bonds is 4. The zero-order chi connectivity index (χ0) is 13.7. The molecule has 1 fully saturated rings. The minimum Gasteiger partial charge on any atom is -0.462 e. The van der Waals surface area contributed by atoms with Gasteiger partial charge in [0, 0.05) is 5.56 Å². The maximum atomic E-state index is 11.8. The zero-order valence-electron chi connectivity index (χ0n) is 10.7. The number of aliphatic hydroxyl groups excluding tert-OH is 1. The van der Waals surface area contributed by atoms with Gasteiger partial charge in [-0.25, -0.2) is 4.79 Å². The summed E-state index contributed by atoms with van der Waals surface area (Å²) in [6.07, 6.45) is 3.93. The number of benzene rings is 1. The summed E-state index contributed by atoms with van der Waals surface area (Å²) in [7, 11) is 0. The van der Waals surface area contributed by atoms with Gasteiger partial charge >= 0.3 is 5.97 Å². The topological polar surface area (TPSA) is 63.6 Å². The Morgan fingerprint density at radius 2 is 1.84 bits per heavy atom. The molecule has 1 aliphatic carbocycles. The fourth-order valence-corrected chi connectivity index (χ4v) is 2.29. The first-order chi connectivity index (χ1) is 9.19. The van der Waals surface area contributed by atoms with Gasteiger partial charge in [-0.3, -0.25) is 4.79 Å². The van der Waals surface area contributed by atoms with Gasteiger partial charge in [0.15, 0.2) is 0 Å². The van der Waals surface area contributed by atoms with E-state index < -0.39 is 0 Å². The Balaban J connectivity index is 1.81. The molecule has 102 valence electrons. The van der Waals surface area contributed by atoms with Crippen molar-refractivity contribution in [2.75, 3.05) is 6.61 Å². The van der Waals surface area contributed by atoms with Crippen LogP contribution in [0.25, 0.3) is 0 Å². The molecule has 0 unspecified atom stereocenters. The van der Waals surface area contributed by atoms with Crippen molar-refractivity contribution in [1.29, 1.82) is 0 Å². The fraction of sp³-hybridized carbons (Fsp3) is 0.467. The number of carbonyl (C=O) groups excluding carboxylic acids is 2. The van der Waals surface area contributed by atoms with Crippen LogP contribution in [0.2, 0.25) is 0 Å². The van der Waals surface area contributed by atoms with E-state index in [1.165, 1.54) is 0 Å². The first kappa shape index (κ1) is 13.7. The fourth-order valence-electron chi connectivity index (χ4n) is 2.29. The molecule has 1 saturated carbocycles. The van der Waals surface area contributed by atoms with E-state index in [1.54, 1.807) is 24.3 Å². The SMILES string of the molecule is O=Cc1ccc(C(=O)OCC2CCC(O)CC2)cc1. The number of ether oxygens (including phenoxy) is 1. The van der Waals surface area contributed by atoms with Crippen LogP contribution in [0.5, 0.6) is 0 Å². The summed E-state index contributed by atoms with van der Waals surface area (Å²) in [6.45, 7) is 0.404. The van der Waals surface area contributed by atoms with Crippen LogP contribution in [0.3, 0.4) is 0 Å². The van der Waals surface area contributed by atoms with E-state index in [1.807, 2.05) is 0 Å². The van der Waals surface area contributed by atoms with Crippen molar-refractivity contribution in [2.45, 2.75) is 31.8 Å². The Bertz CT molecular complexity index is 430. The molecule has 1 aromatic rings. The Kier molecular flexibility index (Phi) is 4.68. The number of hydrogen-bond donors (Lipinski definition) is 1. The first-order valence-electron chi connectivity index (χ1n) is 6.59. The minimum absolute atomic E-state index is 0.192. The molecule has 0 aromatic heterocycles. The van der Waals surface area contributed by atoms with Crippen molar-refractivity contribution < 1.29 is 19.4 Å². The van der Waals surface area contributed by atoms with E-state index in [0.29, 0.717) is 23.7 Å². The predicted molar refractivity (Wildman–Crippen MR) is 70.1 cm³/mol. The molecule has 4 heteroatoms. The summed E-state index contributed by atoms with van der Waals surface area (Å²) in [5, 5.41) is 9.40. The van der Waals surface area contributed by atoms with Crippen LogP contribution in [0.4, 0.5) is 0 Å². The van der Waals surface area contributed by atoms with Crippen LogP contribution in [0, 0.1) is 5.92 Å². The summed E-state index contributed by atoms with van der Waals surface area (Å²) in [5.41, 5.74) is 0.999. The van der Waals surface area contributed by atoms with Crippen molar-refractivity contribution in [3.63, 3.8) is 0 Å². The third-order valence-electron chi connectivity index (χ3n) is 3.55. The second-order valence-corrected chi connectivity index (χ2v) is 5.01. The number of carbonyl (C=O) groups is 2. The van der Waals surface area contributed by atoms with Gasteiger partial charge in [0.05, 0.1) is 18.3 Å². The molecule has 1 aromatic carbocycles. The molecular weight excluding hydrogens is 244 g/mol. The molecule has 4 nitrogen and oxygen atoms in total. The van der Waals surface area contributed by atoms with Gasteiger partial charge in [0.1, 0.15) is 6.29 Å². The lowest BCUT2D eigenvalue weighted by Crippen LogP contribution is -2.22. The Hall–Kier alpha value is -1.68. The molecule has 1 N–H and O–H groups in total. The van der Waals surface area contributed by atoms with Gasteiger partial charge in [-0.1, -0.05) is 12.1 Å². The van der Waals surface area contributed by atoms with E-state index in [2.05, 4.69) is 0 Å². The number of esters is 1. The average Bonchev–Trinajstić information content (AvgIpc) is 2.46. The third-order valence-corrected chi connectivity index (χ3v) is 3.55. The highest BCUT2D eigenvalue weighted by Gasteiger charge is 2.20. The molecule has 0 spiro atoms. The van der Waals surface area contributed by atoms with Crippen LogP contribution >= 0.6 is 0 Å². The second kappa shape index (κ2) is 6.48. The lowest BCUT2D eigenvalue weighted by molar-refractivity contribution is 0.0338. The molecule has 0 aliphatic heterocycles. The highest BCUT2D eigenvalue weighted by Crippen LogP contribution is 2.24. The summed E-state index contributed by atoms with van der Waals surface area (Å²) >= 11 is 0. The van der Waals surface area contributed by atoms with Crippen LogP contribution in [0.1, 0.15) is 46.4 Å². The molecule has 0 amide bonds. The zero-order valence-corrected chi connectivity index (χ0v) is 10.7. The highest BCUT2D eigenvalue weighted by molar-refractivity contribution is 5.90. The highest BCUT2D eigenvalue weighted by atomic mass is 16.5. The molecule has 0 saturated heterocycles. The summed E-state index contributed by atoms with van der Waals surface area (Å²) in [6, 6.07) is 6.38. The largest absolute Gasteiger partial charge is 0.462 e. The monoisotopic (exact) mass is 262 g/mol. The van der Waals surface area contributed by atoms with Crippen LogP contribution in [0.15, 0.2) is 24.3 Å². The maximum absolute atomic E-state index is 11.8. The van der Waals surface area contributed by atoms with E-state index >= 15 is 0 Å². The average molecular weight is 262 g/mol. The Morgan fingerprint density at radius 1 is 1.21 bits per heavy atom. The van der Waals surface area contributed by atoms with Crippen molar-refractivity contribution in [2.24, 2.45) is 5.92 Å². The van der Waals surface area contributed by atoms with Gasteiger partial charge in [-0.2, -0.15) is 0 Å². The van der Waals surface area contributed by atoms with Crippen molar-refractivity contribution in [1.82, 2.24) is 0 Å². The second-order valence-electron chi connectivity index (χ2n) is 5.01. The predicted octanol–water partition coefficient (Wildman–Crippen LogP) is 2.21. The quantitative estimate of drug-likeness (QED) is 0.667. The molecule has 0 atom stereocenters. The molecule has 0 heterocycles. The molecule has 0 radical (unpaired) electrons. The van der Waals surface area contributed by atoms with Gasteiger partial charge in [0.25, 0.3) is 0 Å². The Labute approximate surface area is 112 Å². The van der Waals surface area contributed by atoms with Crippen molar-refractivity contribution in [3.8, 4) is 0 Å². The maximum Gasteiger partial charge on any atom is 0.338 e. The van der Waals surface area contributed by atoms with Gasteiger partial charge in [-0.15, -0.1) is 0 Å². The molecule has 1 aliphatic rings. The first-order valence-corrected chi connectivity index (χ1v) is 6.59. The van der Waals surface area contributed by atoms with E-state index in [4.69, 9.17) is 4.74 Å². The smallest absolute Gasteiger partial charge is 0.338 e. The standard InChI is InChI=1S/C15H18O4/c16-9-11-1-5-13(6-2-11)15(18)19-10-12-3-7-14(17)8-4-12/h1-2,5-6,9,12,14,17H,3-4,7-8,10H2. The summed E-state index contributed by atoms with van der Waals surface area (Å²) in [4.78, 5) is 22.3. The lowest BCUT2D eigenvalue weighted by atomic mass is 9.88. The van der Waals surface area contributed by atoms with Crippen LogP contribution < -0.4 is 0 Å². The summed E-state index contributed by atoms with van der Waals surface area (Å²) in [5.74, 6) is -0.00910. The van der Waals surface area contributed by atoms with Gasteiger partial charge in [-0.05, 0) is 43.7 Å². The third kappa shape index (κ3) is 3.89. The van der Waals surface area contributed by atoms with E-state index in [-0.39, 0.29) is 12.1 Å². The van der Waals surface area contributed by atoms with Crippen LogP contribution in [-0.4, -0.2) is 30.1 Å². The lowest BCUT2D eigenvalue weighted by Gasteiger charge is -2.24. The Morgan fingerprint density at radius 3 is 2.42 bits per heavy atom.